The maximum Gasteiger partial charge on any atom is 0.239 e. The monoisotopic (exact) mass is 283 g/mol. The molecule has 6 heteroatoms. The molecule has 1 aliphatic heterocycles. The maximum atomic E-state index is 11.7. The minimum atomic E-state index is -0.125. The van der Waals surface area contributed by atoms with Crippen LogP contribution in [0.4, 0.5) is 5.82 Å². The molecule has 0 saturated carbocycles. The first-order valence-electron chi connectivity index (χ1n) is 6.41. The molecule has 5 nitrogen and oxygen atoms in total. The molecule has 1 amide bonds. The number of ether oxygens (including phenoxy) is 1. The van der Waals surface area contributed by atoms with E-state index in [4.69, 9.17) is 16.3 Å². The lowest BCUT2D eigenvalue weighted by Gasteiger charge is -2.19. The van der Waals surface area contributed by atoms with Gasteiger partial charge in [-0.1, -0.05) is 11.6 Å². The number of hydrogen-bond acceptors (Lipinski definition) is 4. The largest absolute Gasteiger partial charge is 0.377 e. The van der Waals surface area contributed by atoms with E-state index in [1.165, 1.54) is 6.20 Å². The van der Waals surface area contributed by atoms with E-state index in [0.29, 0.717) is 10.8 Å². The van der Waals surface area contributed by atoms with Crippen LogP contribution in [0.5, 0.6) is 0 Å². The molecular formula is C13H18ClN3O2. The van der Waals surface area contributed by atoms with E-state index in [0.717, 1.165) is 19.4 Å². The van der Waals surface area contributed by atoms with Crippen molar-refractivity contribution in [1.29, 1.82) is 0 Å². The van der Waals surface area contributed by atoms with Crippen LogP contribution in [0.2, 0.25) is 5.02 Å². The van der Waals surface area contributed by atoms with Crippen LogP contribution in [-0.2, 0) is 9.53 Å². The van der Waals surface area contributed by atoms with E-state index in [-0.39, 0.29) is 24.6 Å². The Hall–Kier alpha value is -1.17. The number of hydrogen-bond donors (Lipinski definition) is 2. The van der Waals surface area contributed by atoms with Crippen LogP contribution in [0.25, 0.3) is 0 Å². The average molecular weight is 284 g/mol. The summed E-state index contributed by atoms with van der Waals surface area (Å²) in [4.78, 5) is 15.7. The van der Waals surface area contributed by atoms with Crippen LogP contribution in [0.15, 0.2) is 18.3 Å². The van der Waals surface area contributed by atoms with Crippen LogP contribution < -0.4 is 10.6 Å². The summed E-state index contributed by atoms with van der Waals surface area (Å²) in [6, 6.07) is 3.53. The van der Waals surface area contributed by atoms with Crippen molar-refractivity contribution in [3.63, 3.8) is 0 Å². The number of amides is 1. The maximum absolute atomic E-state index is 11.7. The van der Waals surface area contributed by atoms with E-state index in [1.54, 1.807) is 12.1 Å². The molecule has 2 heterocycles. The fraction of sp³-hybridized carbons (Fsp3) is 0.538. The third kappa shape index (κ3) is 4.45. The number of anilines is 1. The van der Waals surface area contributed by atoms with Crippen LogP contribution in [-0.4, -0.2) is 36.2 Å². The van der Waals surface area contributed by atoms with Gasteiger partial charge in [0.1, 0.15) is 5.82 Å². The third-order valence-electron chi connectivity index (χ3n) is 3.10. The standard InChI is InChI=1S/C13H18ClN3O2/c1-9(11-3-2-6-19-11)15-8-13(18)17-12-5-4-10(14)7-16-12/h4-5,7,9,11,15H,2-3,6,8H2,1H3,(H,16,17,18)/t9-,11-/m0/s1. The highest BCUT2D eigenvalue weighted by atomic mass is 35.5. The molecule has 19 heavy (non-hydrogen) atoms. The second kappa shape index (κ2) is 6.84. The van der Waals surface area contributed by atoms with Gasteiger partial charge in [0, 0.05) is 18.8 Å². The number of halogens is 1. The Morgan fingerprint density at radius 2 is 2.47 bits per heavy atom. The third-order valence-corrected chi connectivity index (χ3v) is 3.33. The lowest BCUT2D eigenvalue weighted by molar-refractivity contribution is -0.115. The Kier molecular flexibility index (Phi) is 5.13. The second-order valence-corrected chi connectivity index (χ2v) is 5.07. The number of aromatic nitrogens is 1. The molecule has 1 aliphatic rings. The van der Waals surface area contributed by atoms with Crippen LogP contribution in [0.3, 0.4) is 0 Å². The van der Waals surface area contributed by atoms with Gasteiger partial charge in [-0.3, -0.25) is 4.79 Å². The van der Waals surface area contributed by atoms with Gasteiger partial charge in [-0.2, -0.15) is 0 Å². The minimum Gasteiger partial charge on any atom is -0.377 e. The zero-order chi connectivity index (χ0) is 13.7. The van der Waals surface area contributed by atoms with E-state index < -0.39 is 0 Å². The van der Waals surface area contributed by atoms with E-state index in [2.05, 4.69) is 15.6 Å². The molecule has 2 atom stereocenters. The predicted molar refractivity (Wildman–Crippen MR) is 74.3 cm³/mol. The van der Waals surface area contributed by atoms with Gasteiger partial charge in [-0.25, -0.2) is 4.98 Å². The number of rotatable bonds is 5. The first-order valence-corrected chi connectivity index (χ1v) is 6.79. The molecule has 1 fully saturated rings. The zero-order valence-corrected chi connectivity index (χ0v) is 11.6. The first kappa shape index (κ1) is 14.2. The van der Waals surface area contributed by atoms with Gasteiger partial charge in [0.15, 0.2) is 0 Å². The van der Waals surface area contributed by atoms with Gasteiger partial charge in [-0.15, -0.1) is 0 Å². The van der Waals surface area contributed by atoms with Crippen LogP contribution in [0.1, 0.15) is 19.8 Å². The highest BCUT2D eigenvalue weighted by molar-refractivity contribution is 6.30. The fourth-order valence-electron chi connectivity index (χ4n) is 2.02. The summed E-state index contributed by atoms with van der Waals surface area (Å²) >= 11 is 5.72. The minimum absolute atomic E-state index is 0.125. The number of nitrogens with one attached hydrogen (secondary N) is 2. The summed E-state index contributed by atoms with van der Waals surface area (Å²) in [5, 5.41) is 6.41. The Morgan fingerprint density at radius 1 is 1.63 bits per heavy atom. The second-order valence-electron chi connectivity index (χ2n) is 4.63. The van der Waals surface area contributed by atoms with Crippen molar-refractivity contribution in [3.05, 3.63) is 23.4 Å². The van der Waals surface area contributed by atoms with Gasteiger partial charge >= 0.3 is 0 Å². The van der Waals surface area contributed by atoms with Crippen molar-refractivity contribution in [2.75, 3.05) is 18.5 Å². The Balaban J connectivity index is 1.73. The smallest absolute Gasteiger partial charge is 0.239 e. The average Bonchev–Trinajstić information content (AvgIpc) is 2.93. The van der Waals surface area contributed by atoms with E-state index in [1.807, 2.05) is 6.92 Å². The summed E-state index contributed by atoms with van der Waals surface area (Å²) in [5.41, 5.74) is 0. The van der Waals surface area contributed by atoms with Gasteiger partial charge < -0.3 is 15.4 Å². The van der Waals surface area contributed by atoms with Crippen molar-refractivity contribution >= 4 is 23.3 Å². The van der Waals surface area contributed by atoms with Crippen LogP contribution >= 0.6 is 11.6 Å². The van der Waals surface area contributed by atoms with Gasteiger partial charge in [0.25, 0.3) is 0 Å². The molecule has 1 saturated heterocycles. The van der Waals surface area contributed by atoms with Gasteiger partial charge in [0.05, 0.1) is 17.7 Å². The number of pyridine rings is 1. The fourth-order valence-corrected chi connectivity index (χ4v) is 2.13. The van der Waals surface area contributed by atoms with Crippen molar-refractivity contribution in [3.8, 4) is 0 Å². The van der Waals surface area contributed by atoms with Crippen molar-refractivity contribution < 1.29 is 9.53 Å². The topological polar surface area (TPSA) is 63.2 Å². The SMILES string of the molecule is C[C@H](NCC(=O)Nc1ccc(Cl)cn1)[C@@H]1CCCO1. The van der Waals surface area contributed by atoms with Crippen LogP contribution in [0, 0.1) is 0 Å². The molecule has 2 rings (SSSR count). The Bertz CT molecular complexity index is 418. The van der Waals surface area contributed by atoms with Gasteiger partial charge in [-0.05, 0) is 31.9 Å². The summed E-state index contributed by atoms with van der Waals surface area (Å²) in [7, 11) is 0. The number of nitrogens with zero attached hydrogens (tertiary/aromatic N) is 1. The highest BCUT2D eigenvalue weighted by Crippen LogP contribution is 2.15. The summed E-state index contributed by atoms with van der Waals surface area (Å²) in [5.74, 6) is 0.376. The Labute approximate surface area is 117 Å². The van der Waals surface area contributed by atoms with Crippen molar-refractivity contribution in [2.45, 2.75) is 31.9 Å². The summed E-state index contributed by atoms with van der Waals surface area (Å²) < 4.78 is 5.56. The molecule has 0 aliphatic carbocycles. The molecule has 2 N–H and O–H groups in total. The number of carbonyl (C=O) groups is 1. The normalized spacial score (nSPS) is 20.2. The lowest BCUT2D eigenvalue weighted by Crippen LogP contribution is -2.41. The highest BCUT2D eigenvalue weighted by Gasteiger charge is 2.22. The molecular weight excluding hydrogens is 266 g/mol. The summed E-state index contributed by atoms with van der Waals surface area (Å²) in [6.45, 7) is 3.09. The van der Waals surface area contributed by atoms with E-state index in [9.17, 15) is 4.79 Å². The molecule has 1 aromatic heterocycles. The van der Waals surface area contributed by atoms with Crippen molar-refractivity contribution in [2.24, 2.45) is 0 Å². The molecule has 0 aromatic carbocycles. The number of carbonyl (C=O) groups excluding carboxylic acids is 1. The van der Waals surface area contributed by atoms with Crippen molar-refractivity contribution in [1.82, 2.24) is 10.3 Å². The molecule has 0 spiro atoms. The van der Waals surface area contributed by atoms with Gasteiger partial charge in [0.2, 0.25) is 5.91 Å². The summed E-state index contributed by atoms with van der Waals surface area (Å²) in [6.07, 6.45) is 3.85. The lowest BCUT2D eigenvalue weighted by atomic mass is 10.1. The quantitative estimate of drug-likeness (QED) is 0.865. The molecule has 0 unspecified atom stereocenters. The molecule has 0 bridgehead atoms. The molecule has 0 radical (unpaired) electrons. The zero-order valence-electron chi connectivity index (χ0n) is 10.9. The first-order chi connectivity index (χ1) is 9.15. The Morgan fingerprint density at radius 3 is 3.11 bits per heavy atom. The predicted octanol–water partition coefficient (Wildman–Crippen LogP) is 1.83. The van der Waals surface area contributed by atoms with E-state index >= 15 is 0 Å². The molecule has 104 valence electrons. The molecule has 1 aromatic rings.